The summed E-state index contributed by atoms with van der Waals surface area (Å²) in [5.41, 5.74) is 2.12. The summed E-state index contributed by atoms with van der Waals surface area (Å²) in [6, 6.07) is 11.4. The topological polar surface area (TPSA) is 21.3 Å². The molecule has 2 nitrogen and oxygen atoms in total. The fourth-order valence-electron chi connectivity index (χ4n) is 1.95. The van der Waals surface area contributed by atoms with Gasteiger partial charge in [0.25, 0.3) is 0 Å². The van der Waals surface area contributed by atoms with Gasteiger partial charge in [-0.2, -0.15) is 0 Å². The standard InChI is InChI=1S/C16H17Cl2NO/c1-3-11-8-13(6-7-15(11)17)20-14-5-4-12(10-19-2)16(18)9-14/h4-9,19H,3,10H2,1-2H3. The maximum Gasteiger partial charge on any atom is 0.128 e. The maximum atomic E-state index is 6.22. The average molecular weight is 310 g/mol. The van der Waals surface area contributed by atoms with Crippen LogP contribution in [-0.2, 0) is 13.0 Å². The van der Waals surface area contributed by atoms with E-state index in [1.807, 2.05) is 43.4 Å². The smallest absolute Gasteiger partial charge is 0.128 e. The minimum atomic E-state index is 0.696. The van der Waals surface area contributed by atoms with Crippen molar-refractivity contribution in [3.05, 3.63) is 57.6 Å². The van der Waals surface area contributed by atoms with E-state index in [1.54, 1.807) is 0 Å². The molecule has 0 aromatic heterocycles. The highest BCUT2D eigenvalue weighted by Gasteiger charge is 2.05. The Morgan fingerprint density at radius 2 is 1.65 bits per heavy atom. The van der Waals surface area contributed by atoms with Crippen molar-refractivity contribution < 1.29 is 4.74 Å². The zero-order valence-electron chi connectivity index (χ0n) is 11.5. The van der Waals surface area contributed by atoms with Crippen molar-refractivity contribution in [1.82, 2.24) is 5.32 Å². The first-order chi connectivity index (χ1) is 9.63. The Labute approximate surface area is 129 Å². The second kappa shape index (κ2) is 6.98. The highest BCUT2D eigenvalue weighted by Crippen LogP contribution is 2.29. The molecular weight excluding hydrogens is 293 g/mol. The lowest BCUT2D eigenvalue weighted by Crippen LogP contribution is -2.05. The third-order valence-electron chi connectivity index (χ3n) is 3.03. The van der Waals surface area contributed by atoms with Crippen LogP contribution in [0.5, 0.6) is 11.5 Å². The molecular formula is C16H17Cl2NO. The van der Waals surface area contributed by atoms with Crippen LogP contribution in [0.2, 0.25) is 10.0 Å². The Hall–Kier alpha value is -1.22. The van der Waals surface area contributed by atoms with Crippen molar-refractivity contribution in [3.63, 3.8) is 0 Å². The molecule has 1 N–H and O–H groups in total. The number of hydrogen-bond donors (Lipinski definition) is 1. The van der Waals surface area contributed by atoms with E-state index in [1.165, 1.54) is 0 Å². The van der Waals surface area contributed by atoms with Crippen LogP contribution in [0.15, 0.2) is 36.4 Å². The van der Waals surface area contributed by atoms with Crippen LogP contribution in [0, 0.1) is 0 Å². The molecule has 2 aromatic carbocycles. The molecule has 0 aliphatic rings. The number of nitrogens with one attached hydrogen (secondary N) is 1. The van der Waals surface area contributed by atoms with Gasteiger partial charge in [0.15, 0.2) is 0 Å². The molecule has 0 fully saturated rings. The van der Waals surface area contributed by atoms with Gasteiger partial charge < -0.3 is 10.1 Å². The monoisotopic (exact) mass is 309 g/mol. The van der Waals surface area contributed by atoms with Gasteiger partial charge in [-0.25, -0.2) is 0 Å². The van der Waals surface area contributed by atoms with Crippen LogP contribution < -0.4 is 10.1 Å². The van der Waals surface area contributed by atoms with E-state index in [4.69, 9.17) is 27.9 Å². The Morgan fingerprint density at radius 1 is 0.950 bits per heavy atom. The SMILES string of the molecule is CCc1cc(Oc2ccc(CNC)c(Cl)c2)ccc1Cl. The predicted molar refractivity (Wildman–Crippen MR) is 85.1 cm³/mol. The molecule has 0 saturated heterocycles. The lowest BCUT2D eigenvalue weighted by Gasteiger charge is -2.10. The molecule has 0 atom stereocenters. The quantitative estimate of drug-likeness (QED) is 0.832. The number of halogens is 2. The van der Waals surface area contributed by atoms with E-state index in [-0.39, 0.29) is 0 Å². The fraction of sp³-hybridized carbons (Fsp3) is 0.250. The summed E-state index contributed by atoms with van der Waals surface area (Å²) < 4.78 is 5.83. The van der Waals surface area contributed by atoms with Gasteiger partial charge in [0.05, 0.1) is 0 Å². The summed E-state index contributed by atoms with van der Waals surface area (Å²) in [6.45, 7) is 2.80. The third-order valence-corrected chi connectivity index (χ3v) is 3.75. The summed E-state index contributed by atoms with van der Waals surface area (Å²) in [6.07, 6.45) is 0.873. The Balaban J connectivity index is 2.19. The number of aryl methyl sites for hydroxylation is 1. The summed E-state index contributed by atoms with van der Waals surface area (Å²) in [7, 11) is 1.89. The number of hydrogen-bond acceptors (Lipinski definition) is 2. The van der Waals surface area contributed by atoms with E-state index in [0.29, 0.717) is 5.02 Å². The zero-order chi connectivity index (χ0) is 14.5. The number of rotatable bonds is 5. The largest absolute Gasteiger partial charge is 0.457 e. The van der Waals surface area contributed by atoms with Crippen molar-refractivity contribution in [1.29, 1.82) is 0 Å². The molecule has 2 aromatic rings. The van der Waals surface area contributed by atoms with Crippen LogP contribution in [0.1, 0.15) is 18.1 Å². The Morgan fingerprint density at radius 3 is 2.30 bits per heavy atom. The van der Waals surface area contributed by atoms with Crippen LogP contribution in [0.3, 0.4) is 0 Å². The van der Waals surface area contributed by atoms with Gasteiger partial charge in [-0.05, 0) is 54.9 Å². The molecule has 4 heteroatoms. The lowest BCUT2D eigenvalue weighted by molar-refractivity contribution is 0.482. The van der Waals surface area contributed by atoms with Crippen molar-refractivity contribution in [2.75, 3.05) is 7.05 Å². The normalized spacial score (nSPS) is 10.6. The second-order valence-electron chi connectivity index (χ2n) is 4.49. The molecule has 20 heavy (non-hydrogen) atoms. The first-order valence-corrected chi connectivity index (χ1v) is 7.29. The minimum Gasteiger partial charge on any atom is -0.457 e. The summed E-state index contributed by atoms with van der Waals surface area (Å²) in [5.74, 6) is 1.49. The molecule has 0 aliphatic heterocycles. The molecule has 0 amide bonds. The highest BCUT2D eigenvalue weighted by atomic mass is 35.5. The van der Waals surface area contributed by atoms with Gasteiger partial charge in [0.2, 0.25) is 0 Å². The zero-order valence-corrected chi connectivity index (χ0v) is 13.1. The third kappa shape index (κ3) is 3.66. The van der Waals surface area contributed by atoms with Gasteiger partial charge in [0.1, 0.15) is 11.5 Å². The number of benzene rings is 2. The highest BCUT2D eigenvalue weighted by molar-refractivity contribution is 6.31. The first kappa shape index (κ1) is 15.2. The molecule has 0 unspecified atom stereocenters. The Bertz CT molecular complexity index is 599. The van der Waals surface area contributed by atoms with Crippen molar-refractivity contribution in [2.45, 2.75) is 19.9 Å². The van der Waals surface area contributed by atoms with Gasteiger partial charge in [0, 0.05) is 16.6 Å². The van der Waals surface area contributed by atoms with E-state index >= 15 is 0 Å². The maximum absolute atomic E-state index is 6.22. The van der Waals surface area contributed by atoms with Gasteiger partial charge in [-0.1, -0.05) is 36.2 Å². The molecule has 0 saturated carbocycles. The predicted octanol–water partition coefficient (Wildman–Crippen LogP) is 5.07. The molecule has 0 spiro atoms. The average Bonchev–Trinajstić information content (AvgIpc) is 2.44. The molecule has 0 aliphatic carbocycles. The van der Waals surface area contributed by atoms with Crippen molar-refractivity contribution in [3.8, 4) is 11.5 Å². The summed E-state index contributed by atoms with van der Waals surface area (Å²) in [5, 5.41) is 4.54. The van der Waals surface area contributed by atoms with Crippen molar-refractivity contribution >= 4 is 23.2 Å². The second-order valence-corrected chi connectivity index (χ2v) is 5.31. The van der Waals surface area contributed by atoms with Crippen LogP contribution in [0.25, 0.3) is 0 Å². The number of ether oxygens (including phenoxy) is 1. The van der Waals surface area contributed by atoms with Gasteiger partial charge in [-0.15, -0.1) is 0 Å². The van der Waals surface area contributed by atoms with Gasteiger partial charge >= 0.3 is 0 Å². The summed E-state index contributed by atoms with van der Waals surface area (Å²) in [4.78, 5) is 0. The van der Waals surface area contributed by atoms with Gasteiger partial charge in [-0.3, -0.25) is 0 Å². The van der Waals surface area contributed by atoms with Crippen molar-refractivity contribution in [2.24, 2.45) is 0 Å². The molecule has 0 radical (unpaired) electrons. The molecule has 2 rings (SSSR count). The van der Waals surface area contributed by atoms with Crippen LogP contribution in [0.4, 0.5) is 0 Å². The van der Waals surface area contributed by atoms with E-state index in [9.17, 15) is 0 Å². The molecule has 0 heterocycles. The fourth-order valence-corrected chi connectivity index (χ4v) is 2.44. The van der Waals surface area contributed by atoms with E-state index < -0.39 is 0 Å². The lowest BCUT2D eigenvalue weighted by atomic mass is 10.1. The molecule has 0 bridgehead atoms. The van der Waals surface area contributed by atoms with E-state index in [2.05, 4.69) is 12.2 Å². The van der Waals surface area contributed by atoms with E-state index in [0.717, 1.165) is 40.6 Å². The van der Waals surface area contributed by atoms with Crippen LogP contribution >= 0.6 is 23.2 Å². The first-order valence-electron chi connectivity index (χ1n) is 6.53. The minimum absolute atomic E-state index is 0.696. The summed E-state index contributed by atoms with van der Waals surface area (Å²) >= 11 is 12.3. The Kier molecular flexibility index (Phi) is 5.30. The van der Waals surface area contributed by atoms with Crippen LogP contribution in [-0.4, -0.2) is 7.05 Å². The molecule has 106 valence electrons.